The second kappa shape index (κ2) is 4.65. The van der Waals surface area contributed by atoms with E-state index >= 15 is 0 Å². The van der Waals surface area contributed by atoms with Gasteiger partial charge in [-0.25, -0.2) is 0 Å². The Balaban J connectivity index is 3.00. The number of hydrogen-bond donors (Lipinski definition) is 1. The molecule has 0 radical (unpaired) electrons. The number of nitrogens with zero attached hydrogens (tertiary/aromatic N) is 1. The first-order valence-electron chi connectivity index (χ1n) is 4.60. The SMILES string of the molecule is CCOc1ccnc(/C(C)=C(/C)O)c1. The summed E-state index contributed by atoms with van der Waals surface area (Å²) in [4.78, 5) is 4.14. The Kier molecular flexibility index (Phi) is 3.51. The van der Waals surface area contributed by atoms with E-state index in [9.17, 15) is 5.11 Å². The lowest BCUT2D eigenvalue weighted by Gasteiger charge is -2.05. The molecular formula is C11H15NO2. The Bertz CT molecular complexity index is 341. The quantitative estimate of drug-likeness (QED) is 0.750. The first kappa shape index (κ1) is 10.6. The molecule has 1 aromatic heterocycles. The molecule has 0 aliphatic rings. The average Bonchev–Trinajstić information content (AvgIpc) is 2.17. The van der Waals surface area contributed by atoms with Crippen molar-refractivity contribution in [2.24, 2.45) is 0 Å². The molecule has 1 rings (SSSR count). The van der Waals surface area contributed by atoms with E-state index in [0.717, 1.165) is 17.0 Å². The van der Waals surface area contributed by atoms with Gasteiger partial charge in [-0.15, -0.1) is 0 Å². The van der Waals surface area contributed by atoms with Crippen molar-refractivity contribution in [3.05, 3.63) is 29.8 Å². The van der Waals surface area contributed by atoms with Crippen LogP contribution < -0.4 is 4.74 Å². The molecule has 0 atom stereocenters. The average molecular weight is 193 g/mol. The van der Waals surface area contributed by atoms with Gasteiger partial charge in [-0.3, -0.25) is 4.98 Å². The Morgan fingerprint density at radius 2 is 2.21 bits per heavy atom. The highest BCUT2D eigenvalue weighted by molar-refractivity contribution is 5.62. The monoisotopic (exact) mass is 193 g/mol. The molecule has 0 saturated carbocycles. The van der Waals surface area contributed by atoms with Gasteiger partial charge in [0.2, 0.25) is 0 Å². The van der Waals surface area contributed by atoms with E-state index < -0.39 is 0 Å². The molecule has 1 N–H and O–H groups in total. The molecule has 0 saturated heterocycles. The fourth-order valence-corrected chi connectivity index (χ4v) is 1.06. The van der Waals surface area contributed by atoms with Crippen molar-refractivity contribution in [1.29, 1.82) is 0 Å². The number of ether oxygens (including phenoxy) is 1. The zero-order chi connectivity index (χ0) is 10.6. The van der Waals surface area contributed by atoms with Crippen molar-refractivity contribution in [1.82, 2.24) is 4.98 Å². The number of rotatable bonds is 3. The van der Waals surface area contributed by atoms with Gasteiger partial charge in [0.1, 0.15) is 5.75 Å². The molecule has 0 aliphatic carbocycles. The maximum absolute atomic E-state index is 9.29. The zero-order valence-electron chi connectivity index (χ0n) is 8.74. The smallest absolute Gasteiger partial charge is 0.122 e. The molecule has 0 unspecified atom stereocenters. The minimum absolute atomic E-state index is 0.283. The number of allylic oxidation sites excluding steroid dienone is 2. The fraction of sp³-hybridized carbons (Fsp3) is 0.364. The van der Waals surface area contributed by atoms with Crippen LogP contribution in [-0.2, 0) is 0 Å². The third kappa shape index (κ3) is 2.49. The molecule has 3 nitrogen and oxygen atoms in total. The molecule has 76 valence electrons. The Morgan fingerprint density at radius 1 is 1.50 bits per heavy atom. The van der Waals surface area contributed by atoms with Crippen LogP contribution in [0.15, 0.2) is 24.1 Å². The van der Waals surface area contributed by atoms with Crippen LogP contribution in [0.4, 0.5) is 0 Å². The van der Waals surface area contributed by atoms with Crippen LogP contribution >= 0.6 is 0 Å². The van der Waals surface area contributed by atoms with Gasteiger partial charge in [-0.1, -0.05) is 0 Å². The van der Waals surface area contributed by atoms with Gasteiger partial charge in [-0.2, -0.15) is 0 Å². The number of aliphatic hydroxyl groups excluding tert-OH is 1. The van der Waals surface area contributed by atoms with Crippen LogP contribution in [0.3, 0.4) is 0 Å². The predicted octanol–water partition coefficient (Wildman–Crippen LogP) is 2.79. The van der Waals surface area contributed by atoms with Crippen molar-refractivity contribution in [3.8, 4) is 5.75 Å². The lowest BCUT2D eigenvalue weighted by atomic mass is 10.1. The molecule has 3 heteroatoms. The van der Waals surface area contributed by atoms with Crippen LogP contribution in [0.1, 0.15) is 26.5 Å². The van der Waals surface area contributed by atoms with Gasteiger partial charge < -0.3 is 9.84 Å². The third-order valence-electron chi connectivity index (χ3n) is 1.97. The highest BCUT2D eigenvalue weighted by Gasteiger charge is 2.02. The van der Waals surface area contributed by atoms with E-state index in [1.54, 1.807) is 19.2 Å². The van der Waals surface area contributed by atoms with Crippen molar-refractivity contribution in [2.75, 3.05) is 6.61 Å². The minimum atomic E-state index is 0.283. The van der Waals surface area contributed by atoms with Gasteiger partial charge in [0.25, 0.3) is 0 Å². The Morgan fingerprint density at radius 3 is 2.79 bits per heavy atom. The topological polar surface area (TPSA) is 42.4 Å². The van der Waals surface area contributed by atoms with Gasteiger partial charge in [0, 0.05) is 17.8 Å². The lowest BCUT2D eigenvalue weighted by molar-refractivity contribution is 0.339. The normalized spacial score (nSPS) is 12.2. The van der Waals surface area contributed by atoms with Gasteiger partial charge in [0.05, 0.1) is 18.1 Å². The molecule has 0 bridgehead atoms. The van der Waals surface area contributed by atoms with Crippen LogP contribution in [0.2, 0.25) is 0 Å². The molecule has 14 heavy (non-hydrogen) atoms. The first-order valence-corrected chi connectivity index (χ1v) is 4.60. The summed E-state index contributed by atoms with van der Waals surface area (Å²) in [5, 5.41) is 9.29. The number of aromatic nitrogens is 1. The van der Waals surface area contributed by atoms with Gasteiger partial charge in [-0.05, 0) is 26.8 Å². The van der Waals surface area contributed by atoms with E-state index in [1.807, 2.05) is 19.9 Å². The molecule has 0 amide bonds. The summed E-state index contributed by atoms with van der Waals surface area (Å²) < 4.78 is 5.33. The summed E-state index contributed by atoms with van der Waals surface area (Å²) in [5.41, 5.74) is 1.52. The Labute approximate surface area is 84.1 Å². The third-order valence-corrected chi connectivity index (χ3v) is 1.97. The molecular weight excluding hydrogens is 178 g/mol. The Hall–Kier alpha value is -1.51. The largest absolute Gasteiger partial charge is 0.512 e. The standard InChI is InChI=1S/C11H15NO2/c1-4-14-10-5-6-12-11(7-10)8(2)9(3)13/h5-7,13H,4H2,1-3H3/b9-8-. The lowest BCUT2D eigenvalue weighted by Crippen LogP contribution is -1.94. The summed E-state index contributed by atoms with van der Waals surface area (Å²) in [7, 11) is 0. The van der Waals surface area contributed by atoms with Crippen LogP contribution in [0.5, 0.6) is 5.75 Å². The maximum Gasteiger partial charge on any atom is 0.122 e. The van der Waals surface area contributed by atoms with Gasteiger partial charge >= 0.3 is 0 Å². The number of pyridine rings is 1. The van der Waals surface area contributed by atoms with E-state index in [2.05, 4.69) is 4.98 Å². The highest BCUT2D eigenvalue weighted by atomic mass is 16.5. The summed E-state index contributed by atoms with van der Waals surface area (Å²) in [6.07, 6.45) is 1.67. The maximum atomic E-state index is 9.29. The van der Waals surface area contributed by atoms with E-state index in [1.165, 1.54) is 0 Å². The second-order valence-electron chi connectivity index (χ2n) is 3.02. The van der Waals surface area contributed by atoms with E-state index in [4.69, 9.17) is 4.74 Å². The number of aliphatic hydroxyl groups is 1. The second-order valence-corrected chi connectivity index (χ2v) is 3.02. The van der Waals surface area contributed by atoms with Crippen LogP contribution in [0, 0.1) is 0 Å². The predicted molar refractivity (Wildman–Crippen MR) is 56.3 cm³/mol. The minimum Gasteiger partial charge on any atom is -0.512 e. The van der Waals surface area contributed by atoms with E-state index in [-0.39, 0.29) is 5.76 Å². The van der Waals surface area contributed by atoms with Crippen molar-refractivity contribution in [3.63, 3.8) is 0 Å². The first-order chi connectivity index (χ1) is 6.65. The fourth-order valence-electron chi connectivity index (χ4n) is 1.06. The summed E-state index contributed by atoms with van der Waals surface area (Å²) >= 11 is 0. The highest BCUT2D eigenvalue weighted by Crippen LogP contribution is 2.19. The van der Waals surface area contributed by atoms with Gasteiger partial charge in [0.15, 0.2) is 0 Å². The molecule has 0 aliphatic heterocycles. The number of hydrogen-bond acceptors (Lipinski definition) is 3. The molecule has 0 spiro atoms. The summed E-state index contributed by atoms with van der Waals surface area (Å²) in [5.74, 6) is 1.06. The molecule has 1 aromatic rings. The van der Waals surface area contributed by atoms with Crippen molar-refractivity contribution in [2.45, 2.75) is 20.8 Å². The van der Waals surface area contributed by atoms with Crippen molar-refractivity contribution < 1.29 is 9.84 Å². The van der Waals surface area contributed by atoms with Crippen LogP contribution in [-0.4, -0.2) is 16.7 Å². The van der Waals surface area contributed by atoms with Crippen LogP contribution in [0.25, 0.3) is 5.57 Å². The van der Waals surface area contributed by atoms with Crippen molar-refractivity contribution >= 4 is 5.57 Å². The summed E-state index contributed by atoms with van der Waals surface area (Å²) in [6, 6.07) is 3.62. The van der Waals surface area contributed by atoms with E-state index in [0.29, 0.717) is 6.61 Å². The zero-order valence-corrected chi connectivity index (χ0v) is 8.74. The molecule has 0 fully saturated rings. The molecule has 1 heterocycles. The summed E-state index contributed by atoms with van der Waals surface area (Å²) in [6.45, 7) is 6.03. The molecule has 0 aromatic carbocycles.